The van der Waals surface area contributed by atoms with E-state index in [9.17, 15) is 9.00 Å². The zero-order chi connectivity index (χ0) is 13.1. The van der Waals surface area contributed by atoms with Crippen LogP contribution in [0.5, 0.6) is 5.75 Å². The van der Waals surface area contributed by atoms with Crippen LogP contribution >= 0.6 is 15.9 Å². The molecule has 1 aliphatic heterocycles. The summed E-state index contributed by atoms with van der Waals surface area (Å²) in [6.07, 6.45) is 0.799. The summed E-state index contributed by atoms with van der Waals surface area (Å²) in [6.45, 7) is 0.653. The van der Waals surface area contributed by atoms with Crippen LogP contribution in [0, 0.1) is 0 Å². The van der Waals surface area contributed by atoms with Gasteiger partial charge in [-0.1, -0.05) is 15.9 Å². The molecule has 1 N–H and O–H groups in total. The van der Waals surface area contributed by atoms with E-state index in [-0.39, 0.29) is 12.2 Å². The van der Waals surface area contributed by atoms with E-state index in [4.69, 9.17) is 9.84 Å². The van der Waals surface area contributed by atoms with Gasteiger partial charge in [0.1, 0.15) is 5.75 Å². The fourth-order valence-electron chi connectivity index (χ4n) is 1.90. The zero-order valence-electron chi connectivity index (χ0n) is 9.65. The van der Waals surface area contributed by atoms with Crippen molar-refractivity contribution in [2.75, 3.05) is 12.4 Å². The Balaban J connectivity index is 2.10. The Labute approximate surface area is 116 Å². The predicted molar refractivity (Wildman–Crippen MR) is 72.3 cm³/mol. The van der Waals surface area contributed by atoms with E-state index in [1.54, 1.807) is 0 Å². The maximum Gasteiger partial charge on any atom is 0.304 e. The number of benzene rings is 1. The second-order valence-electron chi connectivity index (χ2n) is 4.08. The molecular formula is C12H13BrO4S. The third-order valence-electron chi connectivity index (χ3n) is 2.69. The molecule has 1 aromatic rings. The van der Waals surface area contributed by atoms with Crippen molar-refractivity contribution in [3.8, 4) is 5.75 Å². The molecule has 1 atom stereocenters. The smallest absolute Gasteiger partial charge is 0.304 e. The second-order valence-corrected chi connectivity index (χ2v) is 6.58. The summed E-state index contributed by atoms with van der Waals surface area (Å²) in [5.74, 6) is 0.423. The molecule has 0 bridgehead atoms. The number of ether oxygens (including phenoxy) is 1. The molecule has 2 rings (SSSR count). The molecule has 98 valence electrons. The average molecular weight is 333 g/mol. The van der Waals surface area contributed by atoms with Crippen LogP contribution in [0.2, 0.25) is 0 Å². The lowest BCUT2D eigenvalue weighted by Crippen LogP contribution is -2.07. The Hall–Kier alpha value is -0.880. The average Bonchev–Trinajstić information content (AvgIpc) is 2.74. The molecule has 6 heteroatoms. The molecule has 1 heterocycles. The summed E-state index contributed by atoms with van der Waals surface area (Å²) in [5, 5.41) is 8.56. The maximum absolute atomic E-state index is 11.8. The van der Waals surface area contributed by atoms with Crippen LogP contribution in [0.4, 0.5) is 0 Å². The van der Waals surface area contributed by atoms with Crippen molar-refractivity contribution in [1.29, 1.82) is 0 Å². The summed E-state index contributed by atoms with van der Waals surface area (Å²) >= 11 is 3.42. The fraction of sp³-hybridized carbons (Fsp3) is 0.417. The Bertz CT molecular complexity index is 501. The molecule has 1 unspecified atom stereocenters. The molecule has 0 aliphatic carbocycles. The van der Waals surface area contributed by atoms with E-state index in [1.165, 1.54) is 0 Å². The number of hydrogen-bond acceptors (Lipinski definition) is 3. The van der Waals surface area contributed by atoms with Crippen molar-refractivity contribution in [3.05, 3.63) is 27.7 Å². The van der Waals surface area contributed by atoms with Gasteiger partial charge < -0.3 is 9.84 Å². The predicted octanol–water partition coefficient (Wildman–Crippen LogP) is 2.11. The minimum atomic E-state index is -1.17. The Morgan fingerprint density at radius 2 is 2.28 bits per heavy atom. The van der Waals surface area contributed by atoms with E-state index < -0.39 is 16.8 Å². The van der Waals surface area contributed by atoms with Gasteiger partial charge in [-0.05, 0) is 17.7 Å². The summed E-state index contributed by atoms with van der Waals surface area (Å²) in [7, 11) is -1.17. The number of carbonyl (C=O) groups is 1. The molecular weight excluding hydrogens is 320 g/mol. The summed E-state index contributed by atoms with van der Waals surface area (Å²) in [5.41, 5.74) is 2.01. The van der Waals surface area contributed by atoms with Gasteiger partial charge in [0.25, 0.3) is 0 Å². The number of aliphatic carboxylic acids is 1. The number of carboxylic acid groups (broad SMARTS) is 1. The van der Waals surface area contributed by atoms with Crippen LogP contribution in [-0.4, -0.2) is 27.6 Å². The molecule has 0 saturated heterocycles. The third kappa shape index (κ3) is 3.32. The molecule has 0 saturated carbocycles. The highest BCUT2D eigenvalue weighted by molar-refractivity contribution is 9.10. The van der Waals surface area contributed by atoms with Gasteiger partial charge in [-0.25, -0.2) is 0 Å². The van der Waals surface area contributed by atoms with Gasteiger partial charge in [0.2, 0.25) is 0 Å². The first kappa shape index (κ1) is 13.5. The van der Waals surface area contributed by atoms with Gasteiger partial charge >= 0.3 is 5.97 Å². The first-order valence-corrected chi connectivity index (χ1v) is 7.85. The van der Waals surface area contributed by atoms with Crippen LogP contribution < -0.4 is 4.74 Å². The van der Waals surface area contributed by atoms with Gasteiger partial charge in [-0.3, -0.25) is 9.00 Å². The van der Waals surface area contributed by atoms with Crippen LogP contribution in [-0.2, 0) is 27.8 Å². The molecule has 0 aromatic heterocycles. The first-order chi connectivity index (χ1) is 8.56. The van der Waals surface area contributed by atoms with Crippen molar-refractivity contribution < 1.29 is 18.8 Å². The van der Waals surface area contributed by atoms with Crippen molar-refractivity contribution >= 4 is 32.7 Å². The summed E-state index contributed by atoms with van der Waals surface area (Å²) in [4.78, 5) is 10.4. The van der Waals surface area contributed by atoms with Crippen molar-refractivity contribution in [2.45, 2.75) is 18.6 Å². The van der Waals surface area contributed by atoms with E-state index in [0.29, 0.717) is 12.4 Å². The largest absolute Gasteiger partial charge is 0.493 e. The highest BCUT2D eigenvalue weighted by Gasteiger charge is 2.18. The van der Waals surface area contributed by atoms with Gasteiger partial charge in [0, 0.05) is 33.0 Å². The second kappa shape index (κ2) is 5.84. The fourth-order valence-corrected chi connectivity index (χ4v) is 3.56. The number of fused-ring (bicyclic) bond motifs is 1. The van der Waals surface area contributed by atoms with E-state index in [2.05, 4.69) is 15.9 Å². The molecule has 0 amide bonds. The highest BCUT2D eigenvalue weighted by Crippen LogP contribution is 2.33. The lowest BCUT2D eigenvalue weighted by molar-refractivity contribution is -0.136. The normalized spacial score (nSPS) is 14.9. The number of carboxylic acids is 1. The number of rotatable bonds is 5. The molecule has 1 aliphatic rings. The van der Waals surface area contributed by atoms with E-state index >= 15 is 0 Å². The van der Waals surface area contributed by atoms with Crippen molar-refractivity contribution in [3.63, 3.8) is 0 Å². The first-order valence-electron chi connectivity index (χ1n) is 5.57. The van der Waals surface area contributed by atoms with Crippen LogP contribution in [0.15, 0.2) is 16.6 Å². The summed E-state index contributed by atoms with van der Waals surface area (Å²) in [6, 6.07) is 3.90. The van der Waals surface area contributed by atoms with Gasteiger partial charge in [0.05, 0.1) is 18.8 Å². The quantitative estimate of drug-likeness (QED) is 0.896. The lowest BCUT2D eigenvalue weighted by Gasteiger charge is -2.08. The maximum atomic E-state index is 11.8. The van der Waals surface area contributed by atoms with E-state index in [0.717, 1.165) is 27.8 Å². The van der Waals surface area contributed by atoms with Crippen LogP contribution in [0.3, 0.4) is 0 Å². The Morgan fingerprint density at radius 3 is 3.00 bits per heavy atom. The minimum Gasteiger partial charge on any atom is -0.493 e. The van der Waals surface area contributed by atoms with Gasteiger partial charge in [-0.2, -0.15) is 0 Å². The molecule has 18 heavy (non-hydrogen) atoms. The van der Waals surface area contributed by atoms with Crippen molar-refractivity contribution in [2.24, 2.45) is 0 Å². The van der Waals surface area contributed by atoms with Gasteiger partial charge in [-0.15, -0.1) is 0 Å². The monoisotopic (exact) mass is 332 g/mol. The Morgan fingerprint density at radius 1 is 1.50 bits per heavy atom. The Kier molecular flexibility index (Phi) is 4.40. The highest BCUT2D eigenvalue weighted by atomic mass is 79.9. The van der Waals surface area contributed by atoms with E-state index in [1.807, 2.05) is 12.1 Å². The standard InChI is InChI=1S/C12H13BrO4S/c13-10-5-8-1-3-17-12(8)9(6-10)7-18(16)4-2-11(14)15/h5-6H,1-4,7H2,(H,14,15). The number of hydrogen-bond donors (Lipinski definition) is 1. The minimum absolute atomic E-state index is 0.0658. The van der Waals surface area contributed by atoms with Crippen LogP contribution in [0.25, 0.3) is 0 Å². The molecule has 4 nitrogen and oxygen atoms in total. The van der Waals surface area contributed by atoms with Crippen LogP contribution in [0.1, 0.15) is 17.5 Å². The summed E-state index contributed by atoms with van der Waals surface area (Å²) < 4.78 is 18.3. The molecule has 0 fully saturated rings. The molecule has 0 radical (unpaired) electrons. The van der Waals surface area contributed by atoms with Gasteiger partial charge in [0.15, 0.2) is 0 Å². The topological polar surface area (TPSA) is 63.6 Å². The van der Waals surface area contributed by atoms with Crippen molar-refractivity contribution in [1.82, 2.24) is 0 Å². The lowest BCUT2D eigenvalue weighted by atomic mass is 10.1. The SMILES string of the molecule is O=C(O)CCS(=O)Cc1cc(Br)cc2c1OCC2. The third-order valence-corrected chi connectivity index (χ3v) is 4.44. The molecule has 0 spiro atoms. The zero-order valence-corrected chi connectivity index (χ0v) is 12.1. The number of halogens is 1. The molecule has 1 aromatic carbocycles.